The third kappa shape index (κ3) is 2.73. The van der Waals surface area contributed by atoms with Crippen LogP contribution in [0.5, 0.6) is 0 Å². The summed E-state index contributed by atoms with van der Waals surface area (Å²) >= 11 is 0. The largest absolute Gasteiger partial charge is 0.378 e. The molecular weight excluding hydrogens is 430 g/mol. The topological polar surface area (TPSA) is 96.4 Å². The van der Waals surface area contributed by atoms with Crippen LogP contribution in [-0.4, -0.2) is 28.4 Å². The Labute approximate surface area is 195 Å². The van der Waals surface area contributed by atoms with Crippen LogP contribution in [0.1, 0.15) is 38.0 Å². The van der Waals surface area contributed by atoms with E-state index in [1.165, 1.54) is 4.90 Å². The van der Waals surface area contributed by atoms with Crippen LogP contribution >= 0.6 is 0 Å². The molecule has 0 saturated carbocycles. The fourth-order valence-corrected chi connectivity index (χ4v) is 5.24. The summed E-state index contributed by atoms with van der Waals surface area (Å²) in [6.45, 7) is 1.88. The van der Waals surface area contributed by atoms with E-state index in [1.807, 2.05) is 13.0 Å². The Morgan fingerprint density at radius 2 is 1.53 bits per heavy atom. The SMILES string of the molecule is Cc1cccc(N2C(=O)C3C(=C4C(=O)c5ccccc5C4=O)NC(c4ccccn4)C3C2=O)c1. The van der Waals surface area contributed by atoms with Gasteiger partial charge in [0.05, 0.1) is 34.8 Å². The van der Waals surface area contributed by atoms with Gasteiger partial charge in [0, 0.05) is 23.0 Å². The van der Waals surface area contributed by atoms with Gasteiger partial charge in [-0.15, -0.1) is 0 Å². The number of carbonyl (C=O) groups is 4. The maximum absolute atomic E-state index is 13.7. The summed E-state index contributed by atoms with van der Waals surface area (Å²) < 4.78 is 0. The first-order chi connectivity index (χ1) is 16.5. The second kappa shape index (κ2) is 7.31. The normalized spacial score (nSPS) is 23.4. The van der Waals surface area contributed by atoms with E-state index in [2.05, 4.69) is 10.3 Å². The summed E-state index contributed by atoms with van der Waals surface area (Å²) in [4.78, 5) is 59.5. The molecule has 2 aliphatic heterocycles. The molecule has 2 aromatic carbocycles. The van der Waals surface area contributed by atoms with Crippen molar-refractivity contribution in [3.63, 3.8) is 0 Å². The molecule has 1 aromatic heterocycles. The maximum atomic E-state index is 13.7. The molecule has 3 heterocycles. The molecule has 0 spiro atoms. The Bertz CT molecular complexity index is 1410. The number of aryl methyl sites for hydroxylation is 1. The summed E-state index contributed by atoms with van der Waals surface area (Å²) in [5.41, 5.74) is 2.70. The third-order valence-electron chi connectivity index (χ3n) is 6.74. The molecule has 3 aliphatic rings. The molecule has 34 heavy (non-hydrogen) atoms. The molecule has 2 saturated heterocycles. The van der Waals surface area contributed by atoms with Crippen molar-refractivity contribution >= 4 is 29.1 Å². The van der Waals surface area contributed by atoms with Gasteiger partial charge in [0.15, 0.2) is 11.6 Å². The van der Waals surface area contributed by atoms with Crippen LogP contribution in [-0.2, 0) is 9.59 Å². The van der Waals surface area contributed by atoms with Gasteiger partial charge in [-0.1, -0.05) is 42.5 Å². The number of carbonyl (C=O) groups excluding carboxylic acids is 4. The van der Waals surface area contributed by atoms with E-state index in [9.17, 15) is 19.2 Å². The number of benzene rings is 2. The minimum absolute atomic E-state index is 0.0677. The minimum atomic E-state index is -0.975. The van der Waals surface area contributed by atoms with Gasteiger partial charge in [-0.05, 0) is 36.8 Å². The fourth-order valence-electron chi connectivity index (χ4n) is 5.24. The van der Waals surface area contributed by atoms with E-state index in [1.54, 1.807) is 66.9 Å². The molecule has 1 N–H and O–H groups in total. The Kier molecular flexibility index (Phi) is 4.35. The Hall–Kier alpha value is -4.39. The number of anilines is 1. The lowest BCUT2D eigenvalue weighted by Crippen LogP contribution is -2.36. The molecule has 7 heteroatoms. The first-order valence-electron chi connectivity index (χ1n) is 11.0. The molecule has 2 fully saturated rings. The molecule has 6 rings (SSSR count). The van der Waals surface area contributed by atoms with Gasteiger partial charge in [0.25, 0.3) is 0 Å². The van der Waals surface area contributed by atoms with Crippen LogP contribution in [0, 0.1) is 18.8 Å². The number of nitrogens with one attached hydrogen (secondary N) is 1. The summed E-state index contributed by atoms with van der Waals surface area (Å²) in [5.74, 6) is -3.50. The van der Waals surface area contributed by atoms with Crippen molar-refractivity contribution in [3.05, 3.63) is 107 Å². The molecule has 0 radical (unpaired) electrons. The fraction of sp³-hybridized carbons (Fsp3) is 0.148. The zero-order valence-corrected chi connectivity index (χ0v) is 18.2. The number of rotatable bonds is 2. The van der Waals surface area contributed by atoms with Crippen molar-refractivity contribution in [2.45, 2.75) is 13.0 Å². The number of imide groups is 1. The highest BCUT2D eigenvalue weighted by molar-refractivity contribution is 6.40. The van der Waals surface area contributed by atoms with Crippen LogP contribution in [0.2, 0.25) is 0 Å². The number of ketones is 2. The average Bonchev–Trinajstić information content (AvgIpc) is 3.44. The number of aromatic nitrogens is 1. The van der Waals surface area contributed by atoms with Crippen LogP contribution in [0.4, 0.5) is 5.69 Å². The number of nitrogens with zero attached hydrogens (tertiary/aromatic N) is 2. The quantitative estimate of drug-likeness (QED) is 0.367. The van der Waals surface area contributed by atoms with Crippen LogP contribution in [0.15, 0.2) is 84.2 Å². The maximum Gasteiger partial charge on any atom is 0.243 e. The van der Waals surface area contributed by atoms with E-state index in [4.69, 9.17) is 0 Å². The number of allylic oxidation sites excluding steroid dienone is 1. The van der Waals surface area contributed by atoms with Crippen molar-refractivity contribution < 1.29 is 19.2 Å². The molecule has 7 nitrogen and oxygen atoms in total. The number of hydrogen-bond acceptors (Lipinski definition) is 6. The number of pyridine rings is 1. The van der Waals surface area contributed by atoms with Crippen molar-refractivity contribution in [1.82, 2.24) is 10.3 Å². The molecule has 0 bridgehead atoms. The molecular formula is C27H19N3O4. The summed E-state index contributed by atoms with van der Waals surface area (Å²) in [6.07, 6.45) is 1.61. The van der Waals surface area contributed by atoms with Gasteiger partial charge in [0.2, 0.25) is 11.8 Å². The van der Waals surface area contributed by atoms with Crippen LogP contribution in [0.25, 0.3) is 0 Å². The van der Waals surface area contributed by atoms with Crippen molar-refractivity contribution in [2.24, 2.45) is 11.8 Å². The lowest BCUT2D eigenvalue weighted by molar-refractivity contribution is -0.122. The average molecular weight is 449 g/mol. The Morgan fingerprint density at radius 3 is 2.18 bits per heavy atom. The number of amides is 2. The van der Waals surface area contributed by atoms with Crippen LogP contribution in [0.3, 0.4) is 0 Å². The van der Waals surface area contributed by atoms with Crippen molar-refractivity contribution in [3.8, 4) is 0 Å². The van der Waals surface area contributed by atoms with E-state index in [0.29, 0.717) is 22.5 Å². The summed E-state index contributed by atoms with van der Waals surface area (Å²) in [5, 5.41) is 3.20. The highest BCUT2D eigenvalue weighted by Gasteiger charge is 2.60. The van der Waals surface area contributed by atoms with Gasteiger partial charge in [0.1, 0.15) is 0 Å². The highest BCUT2D eigenvalue weighted by atomic mass is 16.2. The van der Waals surface area contributed by atoms with E-state index in [0.717, 1.165) is 5.56 Å². The zero-order chi connectivity index (χ0) is 23.6. The smallest absolute Gasteiger partial charge is 0.243 e. The lowest BCUT2D eigenvalue weighted by atomic mass is 9.88. The molecule has 2 amide bonds. The molecule has 3 unspecified atom stereocenters. The summed E-state index contributed by atoms with van der Waals surface area (Å²) in [6, 6.07) is 18.4. The van der Waals surface area contributed by atoms with E-state index >= 15 is 0 Å². The standard InChI is InChI=1S/C27H19N3O4/c1-14-7-6-8-15(13-14)30-26(33)19-20(27(30)34)23(29-22(19)18-11-4-5-12-28-18)21-24(31)16-9-2-3-10-17(16)25(21)32/h2-13,19-20,22,29H,1H3. The lowest BCUT2D eigenvalue weighted by Gasteiger charge is -2.21. The highest BCUT2D eigenvalue weighted by Crippen LogP contribution is 2.48. The molecule has 3 atom stereocenters. The first kappa shape index (κ1) is 20.2. The van der Waals surface area contributed by atoms with Crippen molar-refractivity contribution in [1.29, 1.82) is 0 Å². The van der Waals surface area contributed by atoms with Crippen molar-refractivity contribution in [2.75, 3.05) is 4.90 Å². The molecule has 3 aromatic rings. The minimum Gasteiger partial charge on any atom is -0.378 e. The summed E-state index contributed by atoms with van der Waals surface area (Å²) in [7, 11) is 0. The van der Waals surface area contributed by atoms with Gasteiger partial charge in [-0.25, -0.2) is 4.90 Å². The first-order valence-corrected chi connectivity index (χ1v) is 11.0. The van der Waals surface area contributed by atoms with Gasteiger partial charge >= 0.3 is 0 Å². The third-order valence-corrected chi connectivity index (χ3v) is 6.74. The predicted molar refractivity (Wildman–Crippen MR) is 123 cm³/mol. The van der Waals surface area contributed by atoms with Gasteiger partial charge in [-0.3, -0.25) is 24.2 Å². The monoisotopic (exact) mass is 449 g/mol. The second-order valence-electron chi connectivity index (χ2n) is 8.72. The number of fused-ring (bicyclic) bond motifs is 2. The zero-order valence-electron chi connectivity index (χ0n) is 18.2. The van der Waals surface area contributed by atoms with E-state index < -0.39 is 35.4 Å². The Morgan fingerprint density at radius 1 is 0.824 bits per heavy atom. The predicted octanol–water partition coefficient (Wildman–Crippen LogP) is 3.17. The van der Waals surface area contributed by atoms with Gasteiger partial charge in [-0.2, -0.15) is 0 Å². The molecule has 1 aliphatic carbocycles. The number of hydrogen-bond donors (Lipinski definition) is 1. The number of Topliss-reactive ketones (excluding diaryl/α,β-unsaturated/α-hetero) is 2. The van der Waals surface area contributed by atoms with Gasteiger partial charge < -0.3 is 5.32 Å². The molecule has 166 valence electrons. The second-order valence-corrected chi connectivity index (χ2v) is 8.72. The van der Waals surface area contributed by atoms with E-state index in [-0.39, 0.29) is 17.2 Å². The van der Waals surface area contributed by atoms with Crippen LogP contribution < -0.4 is 10.2 Å². The Balaban J connectivity index is 1.54.